The number of rotatable bonds is 7. The quantitative estimate of drug-likeness (QED) is 0.139. The first-order chi connectivity index (χ1) is 17.6. The minimum Gasteiger partial charge on any atom is -0.423 e. The third kappa shape index (κ3) is 6.86. The van der Waals surface area contributed by atoms with Gasteiger partial charge in [0.2, 0.25) is 0 Å². The number of alkyl halides is 3. The zero-order valence-electron chi connectivity index (χ0n) is 20.1. The van der Waals surface area contributed by atoms with Gasteiger partial charge in [-0.15, -0.1) is 13.2 Å². The van der Waals surface area contributed by atoms with Crippen molar-refractivity contribution >= 4 is 17.1 Å². The molecule has 0 aliphatic rings. The van der Waals surface area contributed by atoms with Crippen molar-refractivity contribution in [2.75, 3.05) is 0 Å². The van der Waals surface area contributed by atoms with E-state index in [-0.39, 0.29) is 0 Å². The molecule has 0 aromatic heterocycles. The maximum atomic E-state index is 13.1. The highest BCUT2D eigenvalue weighted by Gasteiger charge is 2.36. The summed E-state index contributed by atoms with van der Waals surface area (Å²) in [5, 5.41) is 0. The van der Waals surface area contributed by atoms with Crippen LogP contribution in [0.3, 0.4) is 0 Å². The molecule has 0 bridgehead atoms. The fraction of sp³-hybridized carbons (Fsp3) is 0.138. The number of hydrogen-bond acceptors (Lipinski definition) is 4. The number of carbonyl (C=O) groups excluding carboxylic acids is 1. The van der Waals surface area contributed by atoms with Gasteiger partial charge in [0, 0.05) is 6.07 Å². The van der Waals surface area contributed by atoms with Gasteiger partial charge in [-0.3, -0.25) is 0 Å². The fourth-order valence-corrected chi connectivity index (χ4v) is 5.75. The Bertz CT molecular complexity index is 1290. The molecular weight excluding hydrogens is 501 g/mol. The fourth-order valence-electron chi connectivity index (χ4n) is 3.64. The summed E-state index contributed by atoms with van der Waals surface area (Å²) in [4.78, 5) is 15.3. The second kappa shape index (κ2) is 11.0. The molecule has 37 heavy (non-hydrogen) atoms. The molecule has 0 unspecified atom stereocenters. The van der Waals surface area contributed by atoms with E-state index < -0.39 is 40.5 Å². The lowest BCUT2D eigenvalue weighted by Crippen LogP contribution is -2.27. The van der Waals surface area contributed by atoms with Crippen LogP contribution in [-0.2, 0) is 21.2 Å². The van der Waals surface area contributed by atoms with Gasteiger partial charge in [-0.1, -0.05) is 66.7 Å². The van der Waals surface area contributed by atoms with Gasteiger partial charge in [0.25, 0.3) is 0 Å². The molecular formula is C29H24F3O4S+. The predicted molar refractivity (Wildman–Crippen MR) is 135 cm³/mol. The van der Waals surface area contributed by atoms with Crippen molar-refractivity contribution in [3.05, 3.63) is 115 Å². The molecule has 0 aliphatic heterocycles. The van der Waals surface area contributed by atoms with Crippen molar-refractivity contribution in [2.45, 2.75) is 40.5 Å². The Morgan fingerprint density at radius 3 is 1.70 bits per heavy atom. The van der Waals surface area contributed by atoms with E-state index in [2.05, 4.69) is 4.74 Å². The van der Waals surface area contributed by atoms with E-state index >= 15 is 0 Å². The topological polar surface area (TPSA) is 44.8 Å². The molecule has 4 rings (SSSR count). The molecule has 0 N–H and O–H groups in total. The molecule has 4 nitrogen and oxygen atoms in total. The molecule has 0 atom stereocenters. The van der Waals surface area contributed by atoms with Crippen LogP contribution in [0.2, 0.25) is 0 Å². The molecule has 0 radical (unpaired) electrons. The first-order valence-electron chi connectivity index (χ1n) is 11.3. The lowest BCUT2D eigenvalue weighted by atomic mass is 9.98. The van der Waals surface area contributed by atoms with Crippen LogP contribution in [0.4, 0.5) is 18.0 Å². The van der Waals surface area contributed by atoms with E-state index in [1.165, 1.54) is 12.1 Å². The van der Waals surface area contributed by atoms with Crippen molar-refractivity contribution in [1.82, 2.24) is 0 Å². The monoisotopic (exact) mass is 525 g/mol. The molecule has 4 aromatic carbocycles. The SMILES string of the molecule is CC(C)(OC(=O)Oc1cc([S+](c2ccccc2)c2ccccc2)ccc1OC(F)(F)F)c1ccccc1. The third-order valence-electron chi connectivity index (χ3n) is 5.34. The first-order valence-corrected chi connectivity index (χ1v) is 12.6. The van der Waals surface area contributed by atoms with Gasteiger partial charge in [-0.05, 0) is 55.8 Å². The Kier molecular flexibility index (Phi) is 7.78. The normalized spacial score (nSPS) is 11.7. The van der Waals surface area contributed by atoms with Crippen LogP contribution in [0, 0.1) is 0 Å². The number of ether oxygens (including phenoxy) is 3. The van der Waals surface area contributed by atoms with Crippen LogP contribution in [0.5, 0.6) is 11.5 Å². The van der Waals surface area contributed by atoms with Gasteiger partial charge in [-0.2, -0.15) is 0 Å². The van der Waals surface area contributed by atoms with Crippen LogP contribution >= 0.6 is 0 Å². The number of hydrogen-bond donors (Lipinski definition) is 0. The van der Waals surface area contributed by atoms with Gasteiger partial charge in [-0.25, -0.2) is 4.79 Å². The average molecular weight is 526 g/mol. The molecule has 0 saturated carbocycles. The van der Waals surface area contributed by atoms with E-state index in [1.54, 1.807) is 38.1 Å². The molecule has 0 spiro atoms. The maximum absolute atomic E-state index is 13.1. The van der Waals surface area contributed by atoms with Gasteiger partial charge < -0.3 is 14.2 Å². The van der Waals surface area contributed by atoms with Crippen molar-refractivity contribution in [2.24, 2.45) is 0 Å². The Morgan fingerprint density at radius 1 is 0.676 bits per heavy atom. The number of carbonyl (C=O) groups is 1. The zero-order chi connectivity index (χ0) is 26.5. The summed E-state index contributed by atoms with van der Waals surface area (Å²) in [7, 11) is -0.689. The summed E-state index contributed by atoms with van der Waals surface area (Å²) in [5.41, 5.74) is -0.388. The highest BCUT2D eigenvalue weighted by molar-refractivity contribution is 7.97. The van der Waals surface area contributed by atoms with Crippen LogP contribution in [0.15, 0.2) is 124 Å². The molecule has 0 fully saturated rings. The van der Waals surface area contributed by atoms with E-state index in [9.17, 15) is 18.0 Å². The Hall–Kier alpha value is -3.91. The van der Waals surface area contributed by atoms with Crippen LogP contribution < -0.4 is 9.47 Å². The van der Waals surface area contributed by atoms with Crippen molar-refractivity contribution in [1.29, 1.82) is 0 Å². The Morgan fingerprint density at radius 2 is 1.19 bits per heavy atom. The first kappa shape index (κ1) is 26.2. The summed E-state index contributed by atoms with van der Waals surface area (Å²) in [6.45, 7) is 3.32. The highest BCUT2D eigenvalue weighted by Crippen LogP contribution is 2.39. The number of benzene rings is 4. The van der Waals surface area contributed by atoms with Crippen molar-refractivity contribution < 1.29 is 32.2 Å². The van der Waals surface area contributed by atoms with Crippen LogP contribution in [0.1, 0.15) is 19.4 Å². The molecule has 4 aromatic rings. The molecule has 8 heteroatoms. The third-order valence-corrected chi connectivity index (χ3v) is 7.55. The zero-order valence-corrected chi connectivity index (χ0v) is 20.9. The van der Waals surface area contributed by atoms with Crippen LogP contribution in [0.25, 0.3) is 0 Å². The van der Waals surface area contributed by atoms with Crippen LogP contribution in [-0.4, -0.2) is 12.5 Å². The Balaban J connectivity index is 1.71. The van der Waals surface area contributed by atoms with Gasteiger partial charge >= 0.3 is 12.5 Å². The summed E-state index contributed by atoms with van der Waals surface area (Å²) >= 11 is 0. The van der Waals surface area contributed by atoms with Crippen molar-refractivity contribution in [3.8, 4) is 11.5 Å². The average Bonchev–Trinajstić information content (AvgIpc) is 2.86. The van der Waals surface area contributed by atoms with Gasteiger partial charge in [0.15, 0.2) is 26.2 Å². The predicted octanol–water partition coefficient (Wildman–Crippen LogP) is 8.13. The molecule has 0 saturated heterocycles. The molecule has 0 aliphatic carbocycles. The second-order valence-electron chi connectivity index (χ2n) is 8.42. The van der Waals surface area contributed by atoms with Crippen molar-refractivity contribution in [3.63, 3.8) is 0 Å². The lowest BCUT2D eigenvalue weighted by Gasteiger charge is -2.25. The Labute approximate surface area is 216 Å². The minimum atomic E-state index is -4.98. The lowest BCUT2D eigenvalue weighted by molar-refractivity contribution is -0.275. The number of halogens is 3. The largest absolute Gasteiger partial charge is 0.573 e. The van der Waals surface area contributed by atoms with Gasteiger partial charge in [0.1, 0.15) is 5.60 Å². The standard InChI is InChI=1S/C29H24F3O4S/c1-28(2,21-12-6-3-7-13-21)36-27(33)34-26-20-24(18-19-25(26)35-29(30,31)32)37(22-14-8-4-9-15-22)23-16-10-5-11-17-23/h3-20H,1-2H3/q+1. The summed E-state index contributed by atoms with van der Waals surface area (Å²) in [6.07, 6.45) is -6.13. The van der Waals surface area contributed by atoms with E-state index in [1.807, 2.05) is 66.7 Å². The van der Waals surface area contributed by atoms with E-state index in [4.69, 9.17) is 9.47 Å². The minimum absolute atomic E-state index is 0.395. The summed E-state index contributed by atoms with van der Waals surface area (Å²) in [5.74, 6) is -1.04. The summed E-state index contributed by atoms with van der Waals surface area (Å²) < 4.78 is 54.4. The maximum Gasteiger partial charge on any atom is 0.573 e. The van der Waals surface area contributed by atoms with Gasteiger partial charge in [0.05, 0.1) is 10.9 Å². The second-order valence-corrected chi connectivity index (χ2v) is 10.4. The highest BCUT2D eigenvalue weighted by atomic mass is 32.2. The summed E-state index contributed by atoms with van der Waals surface area (Å²) in [6, 6.07) is 32.1. The molecule has 0 amide bonds. The van der Waals surface area contributed by atoms with E-state index in [0.29, 0.717) is 10.5 Å². The molecule has 0 heterocycles. The van der Waals surface area contributed by atoms with E-state index in [0.717, 1.165) is 15.9 Å². The molecule has 190 valence electrons. The smallest absolute Gasteiger partial charge is 0.423 e.